The standard InChI is InChI=1S/C14H20N2O3S/c1-9(2)13-15-8-10(20-13)12(19)16-14(7-11(17)18)5-3-4-6-14/h8-9H,3-7H2,1-2H3,(H,16,19)(H,17,18). The summed E-state index contributed by atoms with van der Waals surface area (Å²) in [5.74, 6) is -0.766. The normalized spacial score (nSPS) is 17.4. The molecule has 1 heterocycles. The molecule has 5 nitrogen and oxygen atoms in total. The van der Waals surface area contributed by atoms with Crippen LogP contribution in [-0.4, -0.2) is 27.5 Å². The second-order valence-corrected chi connectivity index (χ2v) is 6.79. The fraction of sp³-hybridized carbons (Fsp3) is 0.643. The monoisotopic (exact) mass is 296 g/mol. The van der Waals surface area contributed by atoms with Crippen molar-refractivity contribution in [2.24, 2.45) is 0 Å². The van der Waals surface area contributed by atoms with Gasteiger partial charge in [0.1, 0.15) is 4.88 Å². The number of carbonyl (C=O) groups excluding carboxylic acids is 1. The molecule has 110 valence electrons. The summed E-state index contributed by atoms with van der Waals surface area (Å²) in [6.07, 6.45) is 4.98. The minimum absolute atomic E-state index is 0.00538. The van der Waals surface area contributed by atoms with Gasteiger partial charge in [0.05, 0.1) is 23.2 Å². The summed E-state index contributed by atoms with van der Waals surface area (Å²) >= 11 is 1.38. The second kappa shape index (κ2) is 5.91. The van der Waals surface area contributed by atoms with E-state index in [1.54, 1.807) is 6.20 Å². The van der Waals surface area contributed by atoms with Crippen LogP contribution >= 0.6 is 11.3 Å². The first-order chi connectivity index (χ1) is 9.42. The Bertz CT molecular complexity index is 504. The van der Waals surface area contributed by atoms with Crippen molar-refractivity contribution in [3.63, 3.8) is 0 Å². The maximum atomic E-state index is 12.3. The third-order valence-electron chi connectivity index (χ3n) is 3.67. The molecule has 6 heteroatoms. The smallest absolute Gasteiger partial charge is 0.305 e. The lowest BCUT2D eigenvalue weighted by Gasteiger charge is -2.28. The van der Waals surface area contributed by atoms with E-state index >= 15 is 0 Å². The highest BCUT2D eigenvalue weighted by Crippen LogP contribution is 2.33. The summed E-state index contributed by atoms with van der Waals surface area (Å²) < 4.78 is 0. The van der Waals surface area contributed by atoms with Gasteiger partial charge in [-0.25, -0.2) is 4.98 Å². The average Bonchev–Trinajstić information content (AvgIpc) is 2.96. The zero-order valence-corrected chi connectivity index (χ0v) is 12.6. The molecule has 1 aromatic rings. The van der Waals surface area contributed by atoms with Crippen molar-refractivity contribution in [2.45, 2.75) is 57.4 Å². The van der Waals surface area contributed by atoms with Crippen molar-refractivity contribution in [1.82, 2.24) is 10.3 Å². The first-order valence-electron chi connectivity index (χ1n) is 6.92. The molecule has 0 unspecified atom stereocenters. The predicted molar refractivity (Wildman–Crippen MR) is 77.1 cm³/mol. The summed E-state index contributed by atoms with van der Waals surface area (Å²) in [5.41, 5.74) is -0.578. The van der Waals surface area contributed by atoms with Crippen molar-refractivity contribution < 1.29 is 14.7 Å². The molecule has 20 heavy (non-hydrogen) atoms. The molecule has 0 aliphatic heterocycles. The van der Waals surface area contributed by atoms with E-state index in [-0.39, 0.29) is 12.3 Å². The molecule has 0 aromatic carbocycles. The topological polar surface area (TPSA) is 79.3 Å². The van der Waals surface area contributed by atoms with Gasteiger partial charge in [-0.05, 0) is 12.8 Å². The van der Waals surface area contributed by atoms with E-state index in [0.717, 1.165) is 30.7 Å². The highest BCUT2D eigenvalue weighted by atomic mass is 32.1. The van der Waals surface area contributed by atoms with E-state index in [1.165, 1.54) is 11.3 Å². The van der Waals surface area contributed by atoms with Crippen LogP contribution in [0.2, 0.25) is 0 Å². The number of nitrogens with zero attached hydrogens (tertiary/aromatic N) is 1. The Morgan fingerprint density at radius 2 is 2.10 bits per heavy atom. The van der Waals surface area contributed by atoms with Gasteiger partial charge in [-0.15, -0.1) is 11.3 Å². The molecule has 1 aromatic heterocycles. The average molecular weight is 296 g/mol. The van der Waals surface area contributed by atoms with E-state index in [4.69, 9.17) is 5.11 Å². The van der Waals surface area contributed by atoms with Crippen LogP contribution in [0.4, 0.5) is 0 Å². The largest absolute Gasteiger partial charge is 0.481 e. The lowest BCUT2D eigenvalue weighted by atomic mass is 9.93. The summed E-state index contributed by atoms with van der Waals surface area (Å²) in [6, 6.07) is 0. The molecular weight excluding hydrogens is 276 g/mol. The zero-order valence-electron chi connectivity index (χ0n) is 11.8. The summed E-state index contributed by atoms with van der Waals surface area (Å²) in [7, 11) is 0. The molecule has 0 atom stereocenters. The summed E-state index contributed by atoms with van der Waals surface area (Å²) in [5, 5.41) is 12.9. The van der Waals surface area contributed by atoms with E-state index < -0.39 is 11.5 Å². The fourth-order valence-corrected chi connectivity index (χ4v) is 3.46. The second-order valence-electron chi connectivity index (χ2n) is 5.73. The Balaban J connectivity index is 2.09. The number of aliphatic carboxylic acids is 1. The Kier molecular flexibility index (Phi) is 4.42. The summed E-state index contributed by atoms with van der Waals surface area (Å²) in [4.78, 5) is 28.1. The number of amides is 1. The molecule has 0 bridgehead atoms. The number of thiazole rings is 1. The van der Waals surface area contributed by atoms with Crippen molar-refractivity contribution in [2.75, 3.05) is 0 Å². The zero-order chi connectivity index (χ0) is 14.8. The molecular formula is C14H20N2O3S. The molecule has 1 saturated carbocycles. The molecule has 1 amide bonds. The quantitative estimate of drug-likeness (QED) is 0.875. The van der Waals surface area contributed by atoms with Crippen LogP contribution in [0.5, 0.6) is 0 Å². The van der Waals surface area contributed by atoms with Crippen LogP contribution in [0.25, 0.3) is 0 Å². The van der Waals surface area contributed by atoms with E-state index in [0.29, 0.717) is 10.8 Å². The van der Waals surface area contributed by atoms with Crippen molar-refractivity contribution in [3.05, 3.63) is 16.1 Å². The van der Waals surface area contributed by atoms with Gasteiger partial charge in [-0.2, -0.15) is 0 Å². The number of aromatic nitrogens is 1. The highest BCUT2D eigenvalue weighted by Gasteiger charge is 2.37. The van der Waals surface area contributed by atoms with Gasteiger partial charge < -0.3 is 10.4 Å². The van der Waals surface area contributed by atoms with Gasteiger partial charge in [0, 0.05) is 5.92 Å². The van der Waals surface area contributed by atoms with Crippen LogP contribution in [0, 0.1) is 0 Å². The number of hydrogen-bond acceptors (Lipinski definition) is 4. The number of carbonyl (C=O) groups is 2. The molecule has 1 aliphatic carbocycles. The fourth-order valence-electron chi connectivity index (χ4n) is 2.65. The van der Waals surface area contributed by atoms with Crippen molar-refractivity contribution in [1.29, 1.82) is 0 Å². The summed E-state index contributed by atoms with van der Waals surface area (Å²) in [6.45, 7) is 4.06. The Morgan fingerprint density at radius 3 is 2.60 bits per heavy atom. The van der Waals surface area contributed by atoms with Crippen LogP contribution in [0.1, 0.15) is 66.5 Å². The lowest BCUT2D eigenvalue weighted by molar-refractivity contribution is -0.138. The first kappa shape index (κ1) is 15.0. The van der Waals surface area contributed by atoms with E-state index in [1.807, 2.05) is 13.8 Å². The SMILES string of the molecule is CC(C)c1ncc(C(=O)NC2(CC(=O)O)CCCC2)s1. The lowest BCUT2D eigenvalue weighted by Crippen LogP contribution is -2.47. The molecule has 1 aliphatic rings. The minimum atomic E-state index is -0.862. The van der Waals surface area contributed by atoms with Gasteiger partial charge in [0.25, 0.3) is 5.91 Å². The van der Waals surface area contributed by atoms with E-state index in [9.17, 15) is 9.59 Å². The third kappa shape index (κ3) is 3.36. The maximum absolute atomic E-state index is 12.3. The molecule has 0 radical (unpaired) electrons. The Hall–Kier alpha value is -1.43. The van der Waals surface area contributed by atoms with E-state index in [2.05, 4.69) is 10.3 Å². The maximum Gasteiger partial charge on any atom is 0.305 e. The third-order valence-corrected chi connectivity index (χ3v) is 4.97. The number of carboxylic acids is 1. The van der Waals surface area contributed by atoms with Crippen molar-refractivity contribution in [3.8, 4) is 0 Å². The number of rotatable bonds is 5. The molecule has 2 rings (SSSR count). The Morgan fingerprint density at radius 1 is 1.45 bits per heavy atom. The van der Waals surface area contributed by atoms with Crippen LogP contribution in [-0.2, 0) is 4.79 Å². The number of hydrogen-bond donors (Lipinski definition) is 2. The van der Waals surface area contributed by atoms with Gasteiger partial charge >= 0.3 is 5.97 Å². The molecule has 1 fully saturated rings. The van der Waals surface area contributed by atoms with Crippen LogP contribution < -0.4 is 5.32 Å². The van der Waals surface area contributed by atoms with Crippen LogP contribution in [0.15, 0.2) is 6.20 Å². The molecule has 0 saturated heterocycles. The first-order valence-corrected chi connectivity index (χ1v) is 7.73. The highest BCUT2D eigenvalue weighted by molar-refractivity contribution is 7.13. The van der Waals surface area contributed by atoms with Gasteiger partial charge in [-0.3, -0.25) is 9.59 Å². The van der Waals surface area contributed by atoms with Crippen LogP contribution in [0.3, 0.4) is 0 Å². The predicted octanol–water partition coefficient (Wildman–Crippen LogP) is 2.78. The Labute approximate surface area is 122 Å². The van der Waals surface area contributed by atoms with Gasteiger partial charge in [0.2, 0.25) is 0 Å². The minimum Gasteiger partial charge on any atom is -0.481 e. The number of nitrogens with one attached hydrogen (secondary N) is 1. The number of carboxylic acid groups (broad SMARTS) is 1. The molecule has 2 N–H and O–H groups in total. The molecule has 0 spiro atoms. The van der Waals surface area contributed by atoms with Gasteiger partial charge in [0.15, 0.2) is 0 Å². The van der Waals surface area contributed by atoms with Gasteiger partial charge in [-0.1, -0.05) is 26.7 Å². The van der Waals surface area contributed by atoms with Crippen molar-refractivity contribution >= 4 is 23.2 Å².